The molecule has 1 saturated carbocycles. The lowest BCUT2D eigenvalue weighted by molar-refractivity contribution is -0.129. The highest BCUT2D eigenvalue weighted by Crippen LogP contribution is 2.21. The molecule has 0 spiro atoms. The molecule has 3 N–H and O–H groups in total. The summed E-state index contributed by atoms with van der Waals surface area (Å²) in [6, 6.07) is -0.838. The second kappa shape index (κ2) is 9.39. The lowest BCUT2D eigenvalue weighted by Gasteiger charge is -2.34. The molecule has 29 heavy (non-hydrogen) atoms. The van der Waals surface area contributed by atoms with Gasteiger partial charge in [0.15, 0.2) is 4.96 Å². The Labute approximate surface area is 174 Å². The minimum atomic E-state index is -0.559. The van der Waals surface area contributed by atoms with E-state index in [-0.39, 0.29) is 35.7 Å². The zero-order valence-electron chi connectivity index (χ0n) is 17.1. The van der Waals surface area contributed by atoms with Gasteiger partial charge in [0.2, 0.25) is 11.8 Å². The average Bonchev–Trinajstić information content (AvgIpc) is 3.24. The van der Waals surface area contributed by atoms with Gasteiger partial charge in [0, 0.05) is 37.6 Å². The van der Waals surface area contributed by atoms with E-state index in [0.717, 1.165) is 30.6 Å². The van der Waals surface area contributed by atoms with Crippen molar-refractivity contribution in [2.45, 2.75) is 71.0 Å². The van der Waals surface area contributed by atoms with Crippen LogP contribution in [0, 0.1) is 5.92 Å². The summed E-state index contributed by atoms with van der Waals surface area (Å²) in [6.07, 6.45) is 9.47. The van der Waals surface area contributed by atoms with E-state index >= 15 is 0 Å². The molecule has 0 aliphatic heterocycles. The van der Waals surface area contributed by atoms with Gasteiger partial charge in [-0.15, -0.1) is 0 Å². The van der Waals surface area contributed by atoms with Gasteiger partial charge in [-0.05, 0) is 25.2 Å². The van der Waals surface area contributed by atoms with E-state index in [2.05, 4.69) is 20.9 Å². The van der Waals surface area contributed by atoms with Crippen LogP contribution in [0.15, 0.2) is 18.6 Å². The third kappa shape index (κ3) is 5.56. The Morgan fingerprint density at radius 3 is 2.52 bits per heavy atom. The molecule has 2 aromatic heterocycles. The Kier molecular flexibility index (Phi) is 6.89. The first-order valence-electron chi connectivity index (χ1n) is 10.1. The van der Waals surface area contributed by atoms with Gasteiger partial charge in [-0.3, -0.25) is 18.8 Å². The predicted octanol–water partition coefficient (Wildman–Crippen LogP) is 2.10. The topological polar surface area (TPSA) is 105 Å². The third-order valence-corrected chi connectivity index (χ3v) is 6.14. The highest BCUT2D eigenvalue weighted by atomic mass is 32.1. The second-order valence-corrected chi connectivity index (χ2v) is 9.08. The molecular weight excluding hydrogens is 390 g/mol. The quantitative estimate of drug-likeness (QED) is 0.639. The highest BCUT2D eigenvalue weighted by molar-refractivity contribution is 7.18. The van der Waals surface area contributed by atoms with Gasteiger partial charge < -0.3 is 16.0 Å². The summed E-state index contributed by atoms with van der Waals surface area (Å²) in [5.74, 6) is -0.277. The number of fused-ring (bicyclic) bond motifs is 1. The number of hydrogen-bond donors (Lipinski definition) is 3. The molecule has 3 amide bonds. The fourth-order valence-electron chi connectivity index (χ4n) is 3.78. The SMILES string of the molecule is CC(=O)N[C@@H](CC(C)C)C(=O)N[C@@H]1CCCC[C@H]1NC(=O)c1cn2ccnc2s1. The van der Waals surface area contributed by atoms with Crippen LogP contribution in [0.4, 0.5) is 0 Å². The van der Waals surface area contributed by atoms with E-state index in [4.69, 9.17) is 0 Å². The number of rotatable bonds is 7. The Morgan fingerprint density at radius 2 is 1.90 bits per heavy atom. The number of imidazole rings is 1. The first-order chi connectivity index (χ1) is 13.8. The summed E-state index contributed by atoms with van der Waals surface area (Å²) in [6.45, 7) is 5.45. The normalized spacial score (nSPS) is 20.4. The number of nitrogens with one attached hydrogen (secondary N) is 3. The fraction of sp³-hybridized carbons (Fsp3) is 0.600. The number of nitrogens with zero attached hydrogens (tertiary/aromatic N) is 2. The summed E-state index contributed by atoms with van der Waals surface area (Å²) >= 11 is 1.34. The number of aromatic nitrogens is 2. The van der Waals surface area contributed by atoms with Gasteiger partial charge in [0.05, 0.1) is 0 Å². The Hall–Kier alpha value is -2.42. The van der Waals surface area contributed by atoms with Crippen LogP contribution in [-0.2, 0) is 9.59 Å². The van der Waals surface area contributed by atoms with Crippen molar-refractivity contribution < 1.29 is 14.4 Å². The van der Waals surface area contributed by atoms with Crippen molar-refractivity contribution in [2.75, 3.05) is 0 Å². The van der Waals surface area contributed by atoms with Crippen LogP contribution in [0.1, 0.15) is 62.5 Å². The van der Waals surface area contributed by atoms with Crippen LogP contribution in [0.5, 0.6) is 0 Å². The van der Waals surface area contributed by atoms with Crippen molar-refractivity contribution in [1.82, 2.24) is 25.3 Å². The van der Waals surface area contributed by atoms with Crippen molar-refractivity contribution in [1.29, 1.82) is 0 Å². The maximum Gasteiger partial charge on any atom is 0.263 e. The molecule has 1 aliphatic rings. The number of thiazole rings is 1. The molecular formula is C20H29N5O3S. The van der Waals surface area contributed by atoms with Crippen LogP contribution >= 0.6 is 11.3 Å². The number of carbonyl (C=O) groups is 3. The van der Waals surface area contributed by atoms with Crippen molar-refractivity contribution in [3.63, 3.8) is 0 Å². The van der Waals surface area contributed by atoms with Crippen molar-refractivity contribution in [3.8, 4) is 0 Å². The molecule has 0 aromatic carbocycles. The number of amides is 3. The van der Waals surface area contributed by atoms with E-state index in [1.54, 1.807) is 12.4 Å². The van der Waals surface area contributed by atoms with Crippen LogP contribution in [0.2, 0.25) is 0 Å². The maximum atomic E-state index is 12.8. The smallest absolute Gasteiger partial charge is 0.263 e. The molecule has 0 saturated heterocycles. The Balaban J connectivity index is 1.65. The second-order valence-electron chi connectivity index (χ2n) is 8.07. The van der Waals surface area contributed by atoms with Crippen LogP contribution < -0.4 is 16.0 Å². The first-order valence-corrected chi connectivity index (χ1v) is 11.0. The van der Waals surface area contributed by atoms with Crippen LogP contribution in [-0.4, -0.2) is 45.2 Å². The summed E-state index contributed by atoms with van der Waals surface area (Å²) < 4.78 is 1.82. The molecule has 158 valence electrons. The zero-order chi connectivity index (χ0) is 21.0. The van der Waals surface area contributed by atoms with E-state index in [0.29, 0.717) is 11.3 Å². The van der Waals surface area contributed by atoms with E-state index in [1.165, 1.54) is 18.3 Å². The highest BCUT2D eigenvalue weighted by Gasteiger charge is 2.31. The van der Waals surface area contributed by atoms with Gasteiger partial charge >= 0.3 is 0 Å². The molecule has 0 radical (unpaired) electrons. The molecule has 8 nitrogen and oxygen atoms in total. The van der Waals surface area contributed by atoms with Crippen molar-refractivity contribution in [3.05, 3.63) is 23.5 Å². The minimum Gasteiger partial charge on any atom is -0.350 e. The van der Waals surface area contributed by atoms with Gasteiger partial charge in [0.25, 0.3) is 5.91 Å². The molecule has 0 unspecified atom stereocenters. The first kappa shape index (κ1) is 21.3. The minimum absolute atomic E-state index is 0.133. The molecule has 2 heterocycles. The van der Waals surface area contributed by atoms with Crippen LogP contribution in [0.25, 0.3) is 4.96 Å². The summed E-state index contributed by atoms with van der Waals surface area (Å²) in [7, 11) is 0. The molecule has 3 rings (SSSR count). The molecule has 1 aliphatic carbocycles. The Morgan fingerprint density at radius 1 is 1.21 bits per heavy atom. The van der Waals surface area contributed by atoms with Gasteiger partial charge in [-0.1, -0.05) is 38.0 Å². The average molecular weight is 420 g/mol. The zero-order valence-corrected chi connectivity index (χ0v) is 17.9. The molecule has 3 atom stereocenters. The standard InChI is InChI=1S/C20H29N5O3S/c1-12(2)10-16(22-13(3)26)18(27)23-14-6-4-5-7-15(14)24-19(28)17-11-25-9-8-21-20(25)29-17/h8-9,11-12,14-16H,4-7,10H2,1-3H3,(H,22,26)(H,23,27)(H,24,28)/t14-,15-,16+/m1/s1. The lowest BCUT2D eigenvalue weighted by atomic mass is 9.89. The van der Waals surface area contributed by atoms with Gasteiger partial charge in [-0.2, -0.15) is 0 Å². The number of hydrogen-bond acceptors (Lipinski definition) is 5. The predicted molar refractivity (Wildman–Crippen MR) is 112 cm³/mol. The third-order valence-electron chi connectivity index (χ3n) is 5.13. The summed E-state index contributed by atoms with van der Waals surface area (Å²) in [5, 5.41) is 8.91. The van der Waals surface area contributed by atoms with Crippen molar-refractivity contribution in [2.24, 2.45) is 5.92 Å². The van der Waals surface area contributed by atoms with Gasteiger partial charge in [-0.25, -0.2) is 4.98 Å². The van der Waals surface area contributed by atoms with Gasteiger partial charge in [0.1, 0.15) is 10.9 Å². The summed E-state index contributed by atoms with van der Waals surface area (Å²) in [4.78, 5) is 42.6. The van der Waals surface area contributed by atoms with Crippen molar-refractivity contribution >= 4 is 34.0 Å². The van der Waals surface area contributed by atoms with E-state index in [9.17, 15) is 14.4 Å². The maximum absolute atomic E-state index is 12.8. The summed E-state index contributed by atoms with van der Waals surface area (Å²) in [5.41, 5.74) is 0. The molecule has 9 heteroatoms. The fourth-order valence-corrected chi connectivity index (χ4v) is 4.63. The van der Waals surface area contributed by atoms with E-state index in [1.807, 2.05) is 24.4 Å². The largest absolute Gasteiger partial charge is 0.350 e. The molecule has 0 bridgehead atoms. The Bertz CT molecular complexity index is 846. The monoisotopic (exact) mass is 419 g/mol. The lowest BCUT2D eigenvalue weighted by Crippen LogP contribution is -2.57. The molecule has 2 aromatic rings. The van der Waals surface area contributed by atoms with E-state index < -0.39 is 6.04 Å². The van der Waals surface area contributed by atoms with Crippen LogP contribution in [0.3, 0.4) is 0 Å². The molecule has 1 fully saturated rings. The number of carbonyl (C=O) groups excluding carboxylic acids is 3.